The smallest absolute Gasteiger partial charge is 0.288 e. The highest BCUT2D eigenvalue weighted by Crippen LogP contribution is 2.17. The lowest BCUT2D eigenvalue weighted by molar-refractivity contribution is 0.202. The van der Waals surface area contributed by atoms with Gasteiger partial charge in [-0.25, -0.2) is 4.98 Å². The Morgan fingerprint density at radius 1 is 1.04 bits per heavy atom. The number of pyridine rings is 1. The third-order valence-electron chi connectivity index (χ3n) is 4.82. The minimum Gasteiger partial charge on any atom is -0.465 e. The van der Waals surface area contributed by atoms with Crippen molar-refractivity contribution >= 4 is 16.8 Å². The van der Waals surface area contributed by atoms with Crippen LogP contribution in [0.1, 0.15) is 6.42 Å². The molecule has 3 heterocycles. The first-order valence-corrected chi connectivity index (χ1v) is 9.34. The lowest BCUT2D eigenvalue weighted by atomic mass is 10.2. The molecule has 0 bridgehead atoms. The molecule has 6 heteroatoms. The summed E-state index contributed by atoms with van der Waals surface area (Å²) in [7, 11) is 0. The Hall–Kier alpha value is -2.86. The zero-order chi connectivity index (χ0) is 18.5. The maximum Gasteiger partial charge on any atom is 0.288 e. The highest BCUT2D eigenvalue weighted by molar-refractivity contribution is 5.76. The molecule has 1 aliphatic heterocycles. The van der Waals surface area contributed by atoms with Crippen LogP contribution in [0.2, 0.25) is 0 Å². The Kier molecular flexibility index (Phi) is 5.34. The molecule has 1 fully saturated rings. The van der Waals surface area contributed by atoms with E-state index in [1.807, 2.05) is 30.5 Å². The number of piperazine rings is 1. The van der Waals surface area contributed by atoms with Crippen LogP contribution >= 0.6 is 0 Å². The summed E-state index contributed by atoms with van der Waals surface area (Å²) in [6, 6.07) is 14.7. The number of hydrogen-bond donors (Lipinski definition) is 0. The summed E-state index contributed by atoms with van der Waals surface area (Å²) in [6.45, 7) is 5.49. The lowest BCUT2D eigenvalue weighted by Crippen LogP contribution is -2.47. The predicted molar refractivity (Wildman–Crippen MR) is 105 cm³/mol. The van der Waals surface area contributed by atoms with E-state index in [0.717, 1.165) is 45.0 Å². The highest BCUT2D eigenvalue weighted by atomic mass is 16.6. The number of anilines is 1. The molecule has 0 saturated carbocycles. The van der Waals surface area contributed by atoms with E-state index in [4.69, 9.17) is 9.15 Å². The normalized spacial score (nSPS) is 15.2. The second-order valence-electron chi connectivity index (χ2n) is 6.64. The third kappa shape index (κ3) is 4.28. The molecule has 140 valence electrons. The molecule has 27 heavy (non-hydrogen) atoms. The van der Waals surface area contributed by atoms with Crippen molar-refractivity contribution in [3.05, 3.63) is 65.0 Å². The van der Waals surface area contributed by atoms with Gasteiger partial charge in [0.15, 0.2) is 5.43 Å². The number of hydrogen-bond acceptors (Lipinski definition) is 6. The monoisotopic (exact) mass is 365 g/mol. The van der Waals surface area contributed by atoms with Crippen LogP contribution in [0.25, 0.3) is 11.0 Å². The van der Waals surface area contributed by atoms with E-state index in [0.29, 0.717) is 23.5 Å². The van der Waals surface area contributed by atoms with Crippen molar-refractivity contribution in [2.24, 2.45) is 0 Å². The van der Waals surface area contributed by atoms with Gasteiger partial charge in [0.05, 0.1) is 18.1 Å². The maximum atomic E-state index is 12.1. The van der Waals surface area contributed by atoms with Gasteiger partial charge in [0.25, 0.3) is 5.95 Å². The van der Waals surface area contributed by atoms with Gasteiger partial charge < -0.3 is 14.1 Å². The zero-order valence-corrected chi connectivity index (χ0v) is 15.2. The van der Waals surface area contributed by atoms with Crippen molar-refractivity contribution in [3.63, 3.8) is 0 Å². The first kappa shape index (κ1) is 17.5. The molecule has 0 amide bonds. The molecule has 1 saturated heterocycles. The van der Waals surface area contributed by atoms with Crippen molar-refractivity contribution in [2.75, 3.05) is 44.2 Å². The molecule has 1 aromatic carbocycles. The molecule has 2 aromatic heterocycles. The Balaban J connectivity index is 1.23. The molecule has 1 aliphatic rings. The molecule has 3 aromatic rings. The SMILES string of the molecule is O=c1cc(OCCCN2CCN(c3ccccn3)CC2)oc2ccccc12. The molecule has 0 aliphatic carbocycles. The zero-order valence-electron chi connectivity index (χ0n) is 15.2. The van der Waals surface area contributed by atoms with E-state index >= 15 is 0 Å². The number of benzene rings is 1. The standard InChI is InChI=1S/C21H23N3O3/c25-18-16-21(27-19-7-2-1-6-17(18)19)26-15-5-10-23-11-13-24(14-12-23)20-8-3-4-9-22-20/h1-4,6-9,16H,5,10-15H2. The topological polar surface area (TPSA) is 58.8 Å². The fraction of sp³-hybridized carbons (Fsp3) is 0.333. The largest absolute Gasteiger partial charge is 0.465 e. The van der Waals surface area contributed by atoms with Gasteiger partial charge in [-0.3, -0.25) is 9.69 Å². The fourth-order valence-corrected chi connectivity index (χ4v) is 3.36. The number of rotatable bonds is 6. The van der Waals surface area contributed by atoms with Gasteiger partial charge in [-0.1, -0.05) is 18.2 Å². The number of para-hydroxylation sites is 1. The second kappa shape index (κ2) is 8.22. The fourth-order valence-electron chi connectivity index (χ4n) is 3.36. The third-order valence-corrected chi connectivity index (χ3v) is 4.82. The van der Waals surface area contributed by atoms with Crippen LogP contribution in [0.15, 0.2) is 63.9 Å². The molecule has 6 nitrogen and oxygen atoms in total. The summed E-state index contributed by atoms with van der Waals surface area (Å²) in [4.78, 5) is 21.2. The van der Waals surface area contributed by atoms with Gasteiger partial charge in [0.2, 0.25) is 0 Å². The average Bonchev–Trinajstić information content (AvgIpc) is 2.72. The summed E-state index contributed by atoms with van der Waals surface area (Å²) >= 11 is 0. The summed E-state index contributed by atoms with van der Waals surface area (Å²) in [6.07, 6.45) is 2.73. The van der Waals surface area contributed by atoms with Crippen molar-refractivity contribution in [2.45, 2.75) is 6.42 Å². The average molecular weight is 365 g/mol. The summed E-state index contributed by atoms with van der Waals surface area (Å²) in [5.74, 6) is 1.34. The van der Waals surface area contributed by atoms with E-state index in [-0.39, 0.29) is 5.43 Å². The van der Waals surface area contributed by atoms with Crippen molar-refractivity contribution in [1.29, 1.82) is 0 Å². The molecule has 0 atom stereocenters. The summed E-state index contributed by atoms with van der Waals surface area (Å²) in [5.41, 5.74) is 0.489. The molecule has 0 radical (unpaired) electrons. The quantitative estimate of drug-likeness (QED) is 0.626. The van der Waals surface area contributed by atoms with Gasteiger partial charge in [-0.2, -0.15) is 0 Å². The maximum absolute atomic E-state index is 12.1. The van der Waals surface area contributed by atoms with Crippen LogP contribution in [0.4, 0.5) is 5.82 Å². The van der Waals surface area contributed by atoms with E-state index in [2.05, 4.69) is 20.9 Å². The van der Waals surface area contributed by atoms with Crippen molar-refractivity contribution in [1.82, 2.24) is 9.88 Å². The highest BCUT2D eigenvalue weighted by Gasteiger charge is 2.17. The molecule has 4 rings (SSSR count). The summed E-state index contributed by atoms with van der Waals surface area (Å²) in [5, 5.41) is 0.579. The first-order chi connectivity index (χ1) is 13.3. The predicted octanol–water partition coefficient (Wildman–Crippen LogP) is 2.78. The van der Waals surface area contributed by atoms with E-state index in [1.54, 1.807) is 12.1 Å². The van der Waals surface area contributed by atoms with Crippen molar-refractivity contribution < 1.29 is 9.15 Å². The molecule has 0 N–H and O–H groups in total. The van der Waals surface area contributed by atoms with Gasteiger partial charge in [-0.05, 0) is 30.7 Å². The minimum absolute atomic E-state index is 0.0718. The van der Waals surface area contributed by atoms with Gasteiger partial charge in [0.1, 0.15) is 11.4 Å². The number of ether oxygens (including phenoxy) is 1. The van der Waals surface area contributed by atoms with Gasteiger partial charge in [0, 0.05) is 38.9 Å². The number of aromatic nitrogens is 1. The molecule has 0 unspecified atom stereocenters. The van der Waals surface area contributed by atoms with Crippen LogP contribution < -0.4 is 15.1 Å². The Morgan fingerprint density at radius 3 is 2.67 bits per heavy atom. The van der Waals surface area contributed by atoms with E-state index < -0.39 is 0 Å². The van der Waals surface area contributed by atoms with Crippen LogP contribution in [-0.2, 0) is 0 Å². The van der Waals surface area contributed by atoms with Crippen LogP contribution in [-0.4, -0.2) is 49.2 Å². The number of fused-ring (bicyclic) bond motifs is 1. The Bertz CT molecular complexity index is 934. The molecular weight excluding hydrogens is 342 g/mol. The second-order valence-corrected chi connectivity index (χ2v) is 6.64. The number of nitrogens with zero attached hydrogens (tertiary/aromatic N) is 3. The minimum atomic E-state index is -0.0718. The first-order valence-electron chi connectivity index (χ1n) is 9.34. The van der Waals surface area contributed by atoms with Gasteiger partial charge >= 0.3 is 0 Å². The molecular formula is C21H23N3O3. The summed E-state index contributed by atoms with van der Waals surface area (Å²) < 4.78 is 11.3. The van der Waals surface area contributed by atoms with E-state index in [9.17, 15) is 4.79 Å². The van der Waals surface area contributed by atoms with Crippen LogP contribution in [0.5, 0.6) is 5.95 Å². The van der Waals surface area contributed by atoms with Crippen LogP contribution in [0.3, 0.4) is 0 Å². The lowest BCUT2D eigenvalue weighted by Gasteiger charge is -2.35. The van der Waals surface area contributed by atoms with Crippen molar-refractivity contribution in [3.8, 4) is 5.95 Å². The van der Waals surface area contributed by atoms with Crippen LogP contribution in [0, 0.1) is 0 Å². The Morgan fingerprint density at radius 2 is 1.85 bits per heavy atom. The van der Waals surface area contributed by atoms with Gasteiger partial charge in [-0.15, -0.1) is 0 Å². The van der Waals surface area contributed by atoms with E-state index in [1.165, 1.54) is 6.07 Å². The Labute approximate surface area is 158 Å². The molecule has 0 spiro atoms.